The van der Waals surface area contributed by atoms with Crippen LogP contribution in [0.4, 0.5) is 5.69 Å². The van der Waals surface area contributed by atoms with Gasteiger partial charge in [-0.2, -0.15) is 0 Å². The van der Waals surface area contributed by atoms with Gasteiger partial charge in [0.05, 0.1) is 5.25 Å². The minimum atomic E-state index is -3.12. The Hall–Kier alpha value is -0.550. The van der Waals surface area contributed by atoms with Gasteiger partial charge in [0, 0.05) is 10.2 Å². The summed E-state index contributed by atoms with van der Waals surface area (Å²) in [4.78, 5) is 0. The first-order valence-corrected chi connectivity index (χ1v) is 6.69. The molecule has 1 aromatic carbocycles. The van der Waals surface area contributed by atoms with Crippen molar-refractivity contribution in [2.45, 2.75) is 18.1 Å². The number of sulfonamides is 1. The first kappa shape index (κ1) is 9.98. The number of anilines is 1. The van der Waals surface area contributed by atoms with Crippen LogP contribution in [0.2, 0.25) is 0 Å². The average molecular weight is 276 g/mol. The fraction of sp³-hybridized carbons (Fsp3) is 0.333. The predicted molar refractivity (Wildman–Crippen MR) is 59.7 cm³/mol. The molecule has 5 heteroatoms. The summed E-state index contributed by atoms with van der Waals surface area (Å²) in [5.41, 5.74) is 0.625. The van der Waals surface area contributed by atoms with Gasteiger partial charge in [-0.25, -0.2) is 8.42 Å². The average Bonchev–Trinajstić information content (AvgIpc) is 2.91. The van der Waals surface area contributed by atoms with Crippen molar-refractivity contribution in [3.8, 4) is 0 Å². The van der Waals surface area contributed by atoms with Gasteiger partial charge in [0.2, 0.25) is 10.0 Å². The van der Waals surface area contributed by atoms with E-state index in [4.69, 9.17) is 0 Å². The maximum Gasteiger partial charge on any atom is 0.235 e. The second-order valence-electron chi connectivity index (χ2n) is 3.35. The topological polar surface area (TPSA) is 46.2 Å². The third-order valence-corrected chi connectivity index (χ3v) is 4.47. The molecule has 0 spiro atoms. The predicted octanol–water partition coefficient (Wildman–Crippen LogP) is 2.35. The molecule has 0 heterocycles. The molecule has 3 nitrogen and oxygen atoms in total. The van der Waals surface area contributed by atoms with Gasteiger partial charge in [-0.15, -0.1) is 0 Å². The van der Waals surface area contributed by atoms with Gasteiger partial charge in [-0.1, -0.05) is 15.9 Å². The quantitative estimate of drug-likeness (QED) is 0.921. The summed E-state index contributed by atoms with van der Waals surface area (Å²) >= 11 is 3.29. The molecule has 0 radical (unpaired) electrons. The Morgan fingerprint density at radius 2 is 1.79 bits per heavy atom. The van der Waals surface area contributed by atoms with Crippen molar-refractivity contribution in [2.24, 2.45) is 0 Å². The summed E-state index contributed by atoms with van der Waals surface area (Å²) in [5, 5.41) is -0.175. The summed E-state index contributed by atoms with van der Waals surface area (Å²) in [5.74, 6) is 0. The molecule has 2 rings (SSSR count). The van der Waals surface area contributed by atoms with Crippen LogP contribution in [0.15, 0.2) is 28.7 Å². The van der Waals surface area contributed by atoms with E-state index in [-0.39, 0.29) is 5.25 Å². The van der Waals surface area contributed by atoms with Crippen LogP contribution in [-0.2, 0) is 10.0 Å². The van der Waals surface area contributed by atoms with E-state index in [9.17, 15) is 8.42 Å². The number of nitrogens with one attached hydrogen (secondary N) is 1. The number of hydrogen-bond donors (Lipinski definition) is 1. The Morgan fingerprint density at radius 3 is 2.29 bits per heavy atom. The fourth-order valence-corrected chi connectivity index (χ4v) is 2.80. The van der Waals surface area contributed by atoms with Gasteiger partial charge in [0.25, 0.3) is 0 Å². The smallest absolute Gasteiger partial charge is 0.235 e. The molecule has 1 aliphatic rings. The van der Waals surface area contributed by atoms with Crippen molar-refractivity contribution in [1.82, 2.24) is 0 Å². The van der Waals surface area contributed by atoms with Gasteiger partial charge in [-0.3, -0.25) is 4.72 Å². The molecule has 0 unspecified atom stereocenters. The molecule has 0 bridgehead atoms. The molecule has 14 heavy (non-hydrogen) atoms. The molecule has 0 aliphatic heterocycles. The van der Waals surface area contributed by atoms with Gasteiger partial charge in [-0.05, 0) is 37.1 Å². The molecule has 76 valence electrons. The van der Waals surface area contributed by atoms with Crippen molar-refractivity contribution in [2.75, 3.05) is 4.72 Å². The molecule has 0 aromatic heterocycles. The van der Waals surface area contributed by atoms with Crippen LogP contribution in [0.25, 0.3) is 0 Å². The normalized spacial score (nSPS) is 16.6. The lowest BCUT2D eigenvalue weighted by Crippen LogP contribution is -2.17. The van der Waals surface area contributed by atoms with Crippen LogP contribution < -0.4 is 4.72 Å². The Bertz CT molecular complexity index is 423. The molecule has 1 saturated carbocycles. The largest absolute Gasteiger partial charge is 0.283 e. The molecule has 1 fully saturated rings. The van der Waals surface area contributed by atoms with Crippen LogP contribution in [0.5, 0.6) is 0 Å². The lowest BCUT2D eigenvalue weighted by Gasteiger charge is -2.06. The minimum Gasteiger partial charge on any atom is -0.283 e. The van der Waals surface area contributed by atoms with Gasteiger partial charge in [0.15, 0.2) is 0 Å². The SMILES string of the molecule is O=S(=O)(Nc1ccc(Br)cc1)C1CC1. The summed E-state index contributed by atoms with van der Waals surface area (Å²) in [6.45, 7) is 0. The third kappa shape index (κ3) is 2.27. The molecular formula is C9H10BrNO2S. The third-order valence-electron chi connectivity index (χ3n) is 2.07. The zero-order valence-corrected chi connectivity index (χ0v) is 9.81. The highest BCUT2D eigenvalue weighted by Crippen LogP contribution is 2.29. The second-order valence-corrected chi connectivity index (χ2v) is 6.23. The van der Waals surface area contributed by atoms with Gasteiger partial charge in [0.1, 0.15) is 0 Å². The summed E-state index contributed by atoms with van der Waals surface area (Å²) < 4.78 is 26.5. The van der Waals surface area contributed by atoms with Crippen molar-refractivity contribution < 1.29 is 8.42 Å². The van der Waals surface area contributed by atoms with Crippen LogP contribution in [0, 0.1) is 0 Å². The van der Waals surface area contributed by atoms with Gasteiger partial charge < -0.3 is 0 Å². The molecule has 1 N–H and O–H groups in total. The summed E-state index contributed by atoms with van der Waals surface area (Å²) in [6, 6.07) is 7.10. The van der Waals surface area contributed by atoms with E-state index in [0.29, 0.717) is 5.69 Å². The molecule has 1 aromatic rings. The lowest BCUT2D eigenvalue weighted by molar-refractivity contribution is 0.600. The summed E-state index contributed by atoms with van der Waals surface area (Å²) in [7, 11) is -3.12. The van der Waals surface area contributed by atoms with Crippen molar-refractivity contribution in [1.29, 1.82) is 0 Å². The molecule has 0 atom stereocenters. The first-order valence-electron chi connectivity index (χ1n) is 4.35. The highest BCUT2D eigenvalue weighted by Gasteiger charge is 2.35. The van der Waals surface area contributed by atoms with Crippen LogP contribution in [0.3, 0.4) is 0 Å². The maximum absolute atomic E-state index is 11.5. The zero-order valence-electron chi connectivity index (χ0n) is 7.40. The standard InChI is InChI=1S/C9H10BrNO2S/c10-7-1-3-8(4-2-7)11-14(12,13)9-5-6-9/h1-4,9,11H,5-6H2. The van der Waals surface area contributed by atoms with E-state index in [1.807, 2.05) is 12.1 Å². The number of halogens is 1. The van der Waals surface area contributed by atoms with E-state index in [2.05, 4.69) is 20.7 Å². The van der Waals surface area contributed by atoms with Crippen molar-refractivity contribution in [3.05, 3.63) is 28.7 Å². The van der Waals surface area contributed by atoms with E-state index in [1.54, 1.807) is 12.1 Å². The number of hydrogen-bond acceptors (Lipinski definition) is 2. The van der Waals surface area contributed by atoms with Crippen LogP contribution >= 0.6 is 15.9 Å². The van der Waals surface area contributed by atoms with Crippen molar-refractivity contribution >= 4 is 31.6 Å². The second kappa shape index (κ2) is 3.55. The van der Waals surface area contributed by atoms with E-state index in [1.165, 1.54) is 0 Å². The molecule has 0 amide bonds. The van der Waals surface area contributed by atoms with E-state index < -0.39 is 10.0 Å². The lowest BCUT2D eigenvalue weighted by atomic mass is 10.3. The number of rotatable bonds is 3. The number of benzene rings is 1. The zero-order chi connectivity index (χ0) is 10.2. The maximum atomic E-state index is 11.5. The van der Waals surface area contributed by atoms with E-state index >= 15 is 0 Å². The van der Waals surface area contributed by atoms with E-state index in [0.717, 1.165) is 17.3 Å². The Kier molecular flexibility index (Phi) is 2.53. The Morgan fingerprint density at radius 1 is 1.21 bits per heavy atom. The van der Waals surface area contributed by atoms with Crippen LogP contribution in [0.1, 0.15) is 12.8 Å². The van der Waals surface area contributed by atoms with Gasteiger partial charge >= 0.3 is 0 Å². The Labute approximate surface area is 91.7 Å². The monoisotopic (exact) mass is 275 g/mol. The Balaban J connectivity index is 2.14. The fourth-order valence-electron chi connectivity index (χ4n) is 1.14. The minimum absolute atomic E-state index is 0.175. The highest BCUT2D eigenvalue weighted by atomic mass is 79.9. The molecular weight excluding hydrogens is 266 g/mol. The molecule has 0 saturated heterocycles. The molecule has 1 aliphatic carbocycles. The summed E-state index contributed by atoms with van der Waals surface area (Å²) in [6.07, 6.45) is 1.57. The highest BCUT2D eigenvalue weighted by molar-refractivity contribution is 9.10. The first-order chi connectivity index (χ1) is 6.58. The van der Waals surface area contributed by atoms with Crippen LogP contribution in [-0.4, -0.2) is 13.7 Å². The van der Waals surface area contributed by atoms with Crippen molar-refractivity contribution in [3.63, 3.8) is 0 Å².